The molecular weight excluding hydrogens is 322 g/mol. The zero-order valence-corrected chi connectivity index (χ0v) is 15.1. The maximum absolute atomic E-state index is 8.26. The first-order valence-electron chi connectivity index (χ1n) is 8.10. The lowest BCUT2D eigenvalue weighted by Gasteiger charge is -2.31. The molecule has 5 heteroatoms. The number of nitrogens with one attached hydrogen (secondary N) is 2. The molecule has 1 aromatic carbocycles. The van der Waals surface area contributed by atoms with Crippen molar-refractivity contribution in [1.82, 2.24) is 5.32 Å². The molecule has 1 aliphatic rings. The van der Waals surface area contributed by atoms with E-state index in [1.54, 1.807) is 11.3 Å². The van der Waals surface area contributed by atoms with Gasteiger partial charge in [0.1, 0.15) is 0 Å². The van der Waals surface area contributed by atoms with Crippen molar-refractivity contribution in [2.75, 3.05) is 36.8 Å². The Morgan fingerprint density at radius 1 is 1.35 bits per heavy atom. The van der Waals surface area contributed by atoms with Crippen molar-refractivity contribution >= 4 is 34.5 Å². The number of rotatable bonds is 7. The number of nitrogens with zero attached hydrogens (tertiary/aromatic N) is 1. The van der Waals surface area contributed by atoms with E-state index in [2.05, 4.69) is 35.3 Å². The molecule has 1 aliphatic heterocycles. The number of hydrogen-bond acceptors (Lipinski definition) is 5. The molecule has 0 unspecified atom stereocenters. The van der Waals surface area contributed by atoms with E-state index in [0.29, 0.717) is 12.1 Å². The van der Waals surface area contributed by atoms with Crippen molar-refractivity contribution in [2.24, 2.45) is 0 Å². The number of benzene rings is 1. The molecule has 0 atom stereocenters. The van der Waals surface area contributed by atoms with E-state index in [1.807, 2.05) is 29.3 Å². The lowest BCUT2D eigenvalue weighted by atomic mass is 10.1. The molecule has 2 aromatic rings. The molecule has 0 fully saturated rings. The summed E-state index contributed by atoms with van der Waals surface area (Å²) in [6.07, 6.45) is 0.714. The molecule has 3 rings (SSSR count). The standard InChI is InChI=1S/C18H23N3S2/c1-2-20-7-8-21-9-11-23-18-13-14(5-6-16(18)21)12-15(19)17-4-3-10-22-17/h3-6,10,13,19-20H,2,7-9,11-12H2,1H3. The maximum Gasteiger partial charge on any atom is 0.0529 e. The summed E-state index contributed by atoms with van der Waals surface area (Å²) >= 11 is 3.59. The summed E-state index contributed by atoms with van der Waals surface area (Å²) in [5, 5.41) is 13.7. The first kappa shape index (κ1) is 16.6. The molecule has 0 aliphatic carbocycles. The normalized spacial score (nSPS) is 13.9. The largest absolute Gasteiger partial charge is 0.369 e. The van der Waals surface area contributed by atoms with Gasteiger partial charge < -0.3 is 15.6 Å². The van der Waals surface area contributed by atoms with Crippen molar-refractivity contribution in [3.05, 3.63) is 46.2 Å². The smallest absolute Gasteiger partial charge is 0.0529 e. The van der Waals surface area contributed by atoms with Crippen molar-refractivity contribution in [3.63, 3.8) is 0 Å². The predicted octanol–water partition coefficient (Wildman–Crippen LogP) is 3.88. The van der Waals surface area contributed by atoms with E-state index in [-0.39, 0.29) is 0 Å². The molecule has 0 radical (unpaired) electrons. The molecule has 0 saturated carbocycles. The average Bonchev–Trinajstić information content (AvgIpc) is 3.09. The Balaban J connectivity index is 1.70. The van der Waals surface area contributed by atoms with Gasteiger partial charge in [0.25, 0.3) is 0 Å². The van der Waals surface area contributed by atoms with Crippen molar-refractivity contribution in [2.45, 2.75) is 18.2 Å². The van der Waals surface area contributed by atoms with Gasteiger partial charge in [0.15, 0.2) is 0 Å². The van der Waals surface area contributed by atoms with Crippen LogP contribution in [-0.4, -0.2) is 37.6 Å². The third kappa shape index (κ3) is 4.16. The van der Waals surface area contributed by atoms with Crippen molar-refractivity contribution in [3.8, 4) is 0 Å². The summed E-state index contributed by atoms with van der Waals surface area (Å²) in [4.78, 5) is 4.91. The van der Waals surface area contributed by atoms with Crippen LogP contribution in [0.3, 0.4) is 0 Å². The second kappa shape index (κ2) is 7.99. The van der Waals surface area contributed by atoms with Crippen LogP contribution in [0.15, 0.2) is 40.6 Å². The Bertz CT molecular complexity index is 652. The average molecular weight is 346 g/mol. The van der Waals surface area contributed by atoms with E-state index < -0.39 is 0 Å². The zero-order chi connectivity index (χ0) is 16.1. The summed E-state index contributed by atoms with van der Waals surface area (Å²) in [6, 6.07) is 10.8. The van der Waals surface area contributed by atoms with E-state index >= 15 is 0 Å². The highest BCUT2D eigenvalue weighted by Gasteiger charge is 2.17. The SMILES string of the molecule is CCNCCN1CCSc2cc(CC(=N)c3cccs3)ccc21. The van der Waals surface area contributed by atoms with E-state index in [1.165, 1.54) is 16.1 Å². The Hall–Kier alpha value is -1.30. The van der Waals surface area contributed by atoms with Crippen LogP contribution in [0.25, 0.3) is 0 Å². The van der Waals surface area contributed by atoms with E-state index in [9.17, 15) is 0 Å². The molecule has 2 heterocycles. The van der Waals surface area contributed by atoms with E-state index in [0.717, 1.165) is 36.8 Å². The summed E-state index contributed by atoms with van der Waals surface area (Å²) in [5.74, 6) is 1.14. The monoisotopic (exact) mass is 345 g/mol. The molecule has 0 amide bonds. The highest BCUT2D eigenvalue weighted by Crippen LogP contribution is 2.35. The quantitative estimate of drug-likeness (QED) is 0.591. The van der Waals surface area contributed by atoms with Gasteiger partial charge in [-0.05, 0) is 35.7 Å². The third-order valence-corrected chi connectivity index (χ3v) is 5.95. The van der Waals surface area contributed by atoms with Gasteiger partial charge in [-0.1, -0.05) is 19.1 Å². The molecule has 23 heavy (non-hydrogen) atoms. The van der Waals surface area contributed by atoms with Gasteiger partial charge in [-0.25, -0.2) is 0 Å². The molecular formula is C18H23N3S2. The predicted molar refractivity (Wildman–Crippen MR) is 103 cm³/mol. The van der Waals surface area contributed by atoms with Crippen LogP contribution in [0.5, 0.6) is 0 Å². The highest BCUT2D eigenvalue weighted by atomic mass is 32.2. The van der Waals surface area contributed by atoms with Crippen molar-refractivity contribution < 1.29 is 0 Å². The van der Waals surface area contributed by atoms with Gasteiger partial charge >= 0.3 is 0 Å². The minimum atomic E-state index is 0.713. The van der Waals surface area contributed by atoms with Crippen LogP contribution >= 0.6 is 23.1 Å². The molecule has 1 aromatic heterocycles. The number of anilines is 1. The Kier molecular flexibility index (Phi) is 5.75. The van der Waals surface area contributed by atoms with E-state index in [4.69, 9.17) is 5.41 Å². The number of fused-ring (bicyclic) bond motifs is 1. The van der Waals surface area contributed by atoms with Crippen LogP contribution in [0.2, 0.25) is 0 Å². The van der Waals surface area contributed by atoms with Gasteiger partial charge in [0, 0.05) is 41.6 Å². The Labute approximate surface area is 146 Å². The fraction of sp³-hybridized carbons (Fsp3) is 0.389. The van der Waals surface area contributed by atoms with Crippen LogP contribution < -0.4 is 10.2 Å². The van der Waals surface area contributed by atoms with Gasteiger partial charge in [-0.15, -0.1) is 23.1 Å². The first-order valence-corrected chi connectivity index (χ1v) is 9.97. The Morgan fingerprint density at radius 2 is 2.26 bits per heavy atom. The maximum atomic E-state index is 8.26. The van der Waals surface area contributed by atoms with Gasteiger partial charge in [-0.3, -0.25) is 0 Å². The van der Waals surface area contributed by atoms with Crippen LogP contribution in [0.4, 0.5) is 5.69 Å². The topological polar surface area (TPSA) is 39.1 Å². The molecule has 3 nitrogen and oxygen atoms in total. The third-order valence-electron chi connectivity index (χ3n) is 3.99. The van der Waals surface area contributed by atoms with Crippen molar-refractivity contribution in [1.29, 1.82) is 5.41 Å². The second-order valence-corrected chi connectivity index (χ2v) is 7.71. The lowest BCUT2D eigenvalue weighted by Crippen LogP contribution is -2.35. The molecule has 0 spiro atoms. The highest BCUT2D eigenvalue weighted by molar-refractivity contribution is 7.99. The number of thioether (sulfide) groups is 1. The molecule has 122 valence electrons. The zero-order valence-electron chi connectivity index (χ0n) is 13.5. The lowest BCUT2D eigenvalue weighted by molar-refractivity contribution is 0.685. The molecule has 2 N–H and O–H groups in total. The Morgan fingerprint density at radius 3 is 3.04 bits per heavy atom. The van der Waals surface area contributed by atoms with Gasteiger partial charge in [0.05, 0.1) is 11.4 Å². The minimum Gasteiger partial charge on any atom is -0.369 e. The summed E-state index contributed by atoms with van der Waals surface area (Å²) in [5.41, 5.74) is 3.30. The minimum absolute atomic E-state index is 0.713. The summed E-state index contributed by atoms with van der Waals surface area (Å²) in [6.45, 7) is 6.39. The van der Waals surface area contributed by atoms with Gasteiger partial charge in [-0.2, -0.15) is 0 Å². The van der Waals surface area contributed by atoms with Crippen LogP contribution in [-0.2, 0) is 6.42 Å². The second-order valence-electron chi connectivity index (χ2n) is 5.62. The fourth-order valence-corrected chi connectivity index (χ4v) is 4.58. The molecule has 0 bridgehead atoms. The number of thiophene rings is 1. The van der Waals surface area contributed by atoms with Crippen LogP contribution in [0, 0.1) is 5.41 Å². The van der Waals surface area contributed by atoms with Crippen LogP contribution in [0.1, 0.15) is 17.4 Å². The fourth-order valence-electron chi connectivity index (χ4n) is 2.80. The number of likely N-dealkylation sites (N-methyl/N-ethyl adjacent to an activating group) is 1. The number of hydrogen-bond donors (Lipinski definition) is 2. The van der Waals surface area contributed by atoms with Gasteiger partial charge in [0.2, 0.25) is 0 Å². The molecule has 0 saturated heterocycles. The summed E-state index contributed by atoms with van der Waals surface area (Å²) < 4.78 is 0. The summed E-state index contributed by atoms with van der Waals surface area (Å²) in [7, 11) is 0. The first-order chi connectivity index (χ1) is 11.3.